The zero-order valence-corrected chi connectivity index (χ0v) is 20.3. The number of amides is 1. The maximum absolute atomic E-state index is 12.8. The summed E-state index contributed by atoms with van der Waals surface area (Å²) in [5, 5.41) is 3.31. The molecule has 0 bridgehead atoms. The molecule has 0 spiro atoms. The van der Waals surface area contributed by atoms with E-state index in [1.807, 2.05) is 63.2 Å². The second-order valence-electron chi connectivity index (χ2n) is 7.03. The monoisotopic (exact) mass is 501 g/mol. The summed E-state index contributed by atoms with van der Waals surface area (Å²) in [6.45, 7) is 7.63. The van der Waals surface area contributed by atoms with Crippen molar-refractivity contribution in [2.75, 3.05) is 18.5 Å². The lowest BCUT2D eigenvalue weighted by molar-refractivity contribution is -0.118. The fourth-order valence-corrected chi connectivity index (χ4v) is 5.18. The Kier molecular flexibility index (Phi) is 7.51. The topological polar surface area (TPSA) is 64.6 Å². The van der Waals surface area contributed by atoms with Crippen LogP contribution in [0.1, 0.15) is 33.3 Å². The van der Waals surface area contributed by atoms with Crippen molar-refractivity contribution in [2.45, 2.75) is 27.7 Å². The second-order valence-corrected chi connectivity index (χ2v) is 9.17. The van der Waals surface area contributed by atoms with Crippen LogP contribution in [0.3, 0.4) is 0 Å². The van der Waals surface area contributed by atoms with Crippen LogP contribution in [0.2, 0.25) is 0 Å². The Morgan fingerprint density at radius 1 is 1.06 bits per heavy atom. The van der Waals surface area contributed by atoms with Crippen LogP contribution in [-0.4, -0.2) is 25.1 Å². The molecule has 7 heteroatoms. The Bertz CT molecular complexity index is 1090. The first kappa shape index (κ1) is 23.0. The molecule has 0 saturated carbocycles. The van der Waals surface area contributed by atoms with E-state index in [2.05, 4.69) is 21.2 Å². The minimum Gasteiger partial charge on any atom is -0.483 e. The first-order valence-electron chi connectivity index (χ1n) is 9.87. The summed E-state index contributed by atoms with van der Waals surface area (Å²) < 4.78 is 12.0. The second kappa shape index (κ2) is 10.1. The van der Waals surface area contributed by atoms with E-state index in [1.54, 1.807) is 6.92 Å². The van der Waals surface area contributed by atoms with Crippen LogP contribution < -0.4 is 10.1 Å². The van der Waals surface area contributed by atoms with Crippen molar-refractivity contribution < 1.29 is 19.1 Å². The smallest absolute Gasteiger partial charge is 0.341 e. The Morgan fingerprint density at radius 2 is 1.71 bits per heavy atom. The average Bonchev–Trinajstić information content (AvgIpc) is 3.03. The number of hydrogen-bond acceptors (Lipinski definition) is 5. The van der Waals surface area contributed by atoms with Gasteiger partial charge in [0.2, 0.25) is 0 Å². The molecule has 0 aliphatic carbocycles. The average molecular weight is 502 g/mol. The molecule has 0 unspecified atom stereocenters. The van der Waals surface area contributed by atoms with Crippen molar-refractivity contribution in [3.63, 3.8) is 0 Å². The number of ether oxygens (including phenoxy) is 2. The number of anilines is 1. The molecule has 2 aromatic carbocycles. The highest BCUT2D eigenvalue weighted by atomic mass is 79.9. The fraction of sp³-hybridized carbons (Fsp3) is 0.250. The number of halogens is 1. The third kappa shape index (κ3) is 5.35. The highest BCUT2D eigenvalue weighted by molar-refractivity contribution is 9.10. The van der Waals surface area contributed by atoms with Gasteiger partial charge in [0.15, 0.2) is 6.61 Å². The predicted octanol–water partition coefficient (Wildman–Crippen LogP) is 6.30. The number of rotatable bonds is 7. The van der Waals surface area contributed by atoms with Crippen molar-refractivity contribution in [3.8, 4) is 16.9 Å². The largest absolute Gasteiger partial charge is 0.483 e. The normalized spacial score (nSPS) is 10.6. The summed E-state index contributed by atoms with van der Waals surface area (Å²) in [4.78, 5) is 26.3. The number of thiophene rings is 1. The molecular formula is C24H24BrNO4S. The van der Waals surface area contributed by atoms with Crippen LogP contribution in [0, 0.1) is 20.8 Å². The maximum Gasteiger partial charge on any atom is 0.341 e. The Balaban J connectivity index is 1.86. The van der Waals surface area contributed by atoms with Crippen LogP contribution in [-0.2, 0) is 9.53 Å². The lowest BCUT2D eigenvalue weighted by atomic mass is 10.0. The van der Waals surface area contributed by atoms with Crippen LogP contribution >= 0.6 is 27.3 Å². The summed E-state index contributed by atoms with van der Waals surface area (Å²) in [7, 11) is 0. The molecule has 0 fully saturated rings. The van der Waals surface area contributed by atoms with Crippen molar-refractivity contribution in [2.24, 2.45) is 0 Å². The summed E-state index contributed by atoms with van der Waals surface area (Å²) in [6, 6.07) is 13.5. The number of carbonyl (C=O) groups is 2. The number of carbonyl (C=O) groups excluding carboxylic acids is 2. The van der Waals surface area contributed by atoms with Crippen LogP contribution in [0.15, 0.2) is 46.9 Å². The van der Waals surface area contributed by atoms with E-state index in [-0.39, 0.29) is 19.1 Å². The molecule has 162 valence electrons. The van der Waals surface area contributed by atoms with Gasteiger partial charge in [0.1, 0.15) is 16.3 Å². The van der Waals surface area contributed by atoms with Gasteiger partial charge in [-0.2, -0.15) is 0 Å². The van der Waals surface area contributed by atoms with E-state index >= 15 is 0 Å². The van der Waals surface area contributed by atoms with Gasteiger partial charge in [0.05, 0.1) is 6.61 Å². The number of benzene rings is 2. The minimum absolute atomic E-state index is 0.163. The summed E-state index contributed by atoms with van der Waals surface area (Å²) in [6.07, 6.45) is 0. The first-order valence-corrected chi connectivity index (χ1v) is 11.5. The van der Waals surface area contributed by atoms with Crippen molar-refractivity contribution >= 4 is 44.1 Å². The lowest BCUT2D eigenvalue weighted by Gasteiger charge is -2.13. The third-order valence-corrected chi connectivity index (χ3v) is 6.13. The van der Waals surface area contributed by atoms with E-state index in [0.717, 1.165) is 31.6 Å². The molecule has 31 heavy (non-hydrogen) atoms. The van der Waals surface area contributed by atoms with Gasteiger partial charge in [-0.05, 0) is 56.5 Å². The van der Waals surface area contributed by atoms with E-state index in [9.17, 15) is 9.59 Å². The molecule has 5 nitrogen and oxygen atoms in total. The third-order valence-electron chi connectivity index (χ3n) is 4.65. The summed E-state index contributed by atoms with van der Waals surface area (Å²) in [5.41, 5.74) is 3.92. The molecule has 3 aromatic rings. The standard InChI is InChI=1S/C24H24BrNO4S/c1-5-29-24(28)21-20(17-9-7-6-8-10-17)16(4)31-23(21)26-19(27)13-30-22-14(2)11-18(25)12-15(22)3/h6-12H,5,13H2,1-4H3,(H,26,27). The van der Waals surface area contributed by atoms with Crippen molar-refractivity contribution in [3.05, 3.63) is 68.5 Å². The van der Waals surface area contributed by atoms with Gasteiger partial charge >= 0.3 is 5.97 Å². The number of nitrogens with one attached hydrogen (secondary N) is 1. The quantitative estimate of drug-likeness (QED) is 0.386. The molecule has 0 aliphatic rings. The Labute approximate surface area is 194 Å². The molecule has 1 N–H and O–H groups in total. The molecule has 0 saturated heterocycles. The molecule has 1 aromatic heterocycles. The van der Waals surface area contributed by atoms with Gasteiger partial charge in [-0.15, -0.1) is 11.3 Å². The summed E-state index contributed by atoms with van der Waals surface area (Å²) >= 11 is 4.81. The highest BCUT2D eigenvalue weighted by Crippen LogP contribution is 2.40. The summed E-state index contributed by atoms with van der Waals surface area (Å²) in [5.74, 6) is -0.119. The lowest BCUT2D eigenvalue weighted by Crippen LogP contribution is -2.21. The van der Waals surface area contributed by atoms with Gasteiger partial charge in [0, 0.05) is 14.9 Å². The maximum atomic E-state index is 12.8. The number of esters is 1. The van der Waals surface area contributed by atoms with Crippen molar-refractivity contribution in [1.82, 2.24) is 0 Å². The van der Waals surface area contributed by atoms with Gasteiger partial charge in [0.25, 0.3) is 5.91 Å². The van der Waals surface area contributed by atoms with Crippen LogP contribution in [0.4, 0.5) is 5.00 Å². The van der Waals surface area contributed by atoms with E-state index in [4.69, 9.17) is 9.47 Å². The minimum atomic E-state index is -0.457. The zero-order valence-electron chi connectivity index (χ0n) is 17.9. The highest BCUT2D eigenvalue weighted by Gasteiger charge is 2.25. The fourth-order valence-electron chi connectivity index (χ4n) is 3.41. The van der Waals surface area contributed by atoms with Gasteiger partial charge < -0.3 is 14.8 Å². The van der Waals surface area contributed by atoms with E-state index in [1.165, 1.54) is 11.3 Å². The molecule has 0 aliphatic heterocycles. The van der Waals surface area contributed by atoms with Gasteiger partial charge in [-0.25, -0.2) is 4.79 Å². The van der Waals surface area contributed by atoms with E-state index < -0.39 is 5.97 Å². The molecule has 0 atom stereocenters. The van der Waals surface area contributed by atoms with Crippen LogP contribution in [0.25, 0.3) is 11.1 Å². The number of aryl methyl sites for hydroxylation is 3. The van der Waals surface area contributed by atoms with E-state index in [0.29, 0.717) is 16.3 Å². The van der Waals surface area contributed by atoms with Gasteiger partial charge in [-0.3, -0.25) is 4.79 Å². The Morgan fingerprint density at radius 3 is 2.32 bits per heavy atom. The molecule has 1 amide bonds. The number of hydrogen-bond donors (Lipinski definition) is 1. The van der Waals surface area contributed by atoms with Gasteiger partial charge in [-0.1, -0.05) is 46.3 Å². The van der Waals surface area contributed by atoms with Crippen LogP contribution in [0.5, 0.6) is 5.75 Å². The van der Waals surface area contributed by atoms with Crippen molar-refractivity contribution in [1.29, 1.82) is 0 Å². The molecule has 0 radical (unpaired) electrons. The molecular weight excluding hydrogens is 478 g/mol. The predicted molar refractivity (Wildman–Crippen MR) is 128 cm³/mol. The first-order chi connectivity index (χ1) is 14.8. The molecule has 3 rings (SSSR count). The zero-order chi connectivity index (χ0) is 22.5. The SMILES string of the molecule is CCOC(=O)c1c(NC(=O)COc2c(C)cc(Br)cc2C)sc(C)c1-c1ccccc1. The molecule has 1 heterocycles. The Hall–Kier alpha value is -2.64.